The number of nitrogens with zero attached hydrogens (tertiary/aromatic N) is 1. The number of ether oxygens (including phenoxy) is 1. The Labute approximate surface area is 157 Å². The normalized spacial score (nSPS) is 12.3. The van der Waals surface area contributed by atoms with E-state index in [-0.39, 0.29) is 0 Å². The maximum atomic E-state index is 6.12. The number of hydrogen-bond acceptors (Lipinski definition) is 2. The average molecular weight is 394 g/mol. The fourth-order valence-corrected chi connectivity index (χ4v) is 3.75. The minimum absolute atomic E-state index is 0.864. The van der Waals surface area contributed by atoms with Crippen LogP contribution in [-0.4, -0.2) is 0 Å². The highest BCUT2D eigenvalue weighted by atomic mass is 79.9. The molecule has 2 nitrogen and oxygen atoms in total. The number of benzene rings is 3. The molecule has 3 aromatic carbocycles. The monoisotopic (exact) mass is 393 g/mol. The Morgan fingerprint density at radius 1 is 0.880 bits per heavy atom. The number of aryl methyl sites for hydroxylation is 1. The topological polar surface area (TPSA) is 12.5 Å². The Hall–Kier alpha value is -2.26. The molecule has 1 heterocycles. The second-order valence-corrected chi connectivity index (χ2v) is 7.12. The van der Waals surface area contributed by atoms with E-state index >= 15 is 0 Å². The van der Waals surface area contributed by atoms with Gasteiger partial charge in [0.25, 0.3) is 0 Å². The van der Waals surface area contributed by atoms with Crippen LogP contribution >= 0.6 is 15.9 Å². The number of fused-ring (bicyclic) bond motifs is 2. The summed E-state index contributed by atoms with van der Waals surface area (Å²) in [5, 5.41) is 0. The van der Waals surface area contributed by atoms with Crippen LogP contribution < -0.4 is 9.64 Å². The van der Waals surface area contributed by atoms with Crippen LogP contribution in [0.25, 0.3) is 0 Å². The molecule has 3 heteroatoms. The molecule has 1 aliphatic heterocycles. The molecule has 0 unspecified atom stereocenters. The summed E-state index contributed by atoms with van der Waals surface area (Å²) >= 11 is 3.70. The van der Waals surface area contributed by atoms with Gasteiger partial charge in [0.05, 0.1) is 5.69 Å². The first-order valence-corrected chi connectivity index (χ1v) is 9.51. The van der Waals surface area contributed by atoms with Crippen molar-refractivity contribution >= 4 is 33.0 Å². The van der Waals surface area contributed by atoms with Gasteiger partial charge < -0.3 is 9.64 Å². The summed E-state index contributed by atoms with van der Waals surface area (Å²) in [5.74, 6) is 1.74. The van der Waals surface area contributed by atoms with E-state index in [2.05, 4.69) is 64.2 Å². The van der Waals surface area contributed by atoms with Crippen LogP contribution in [0.5, 0.6) is 11.5 Å². The number of para-hydroxylation sites is 3. The molecule has 0 N–H and O–H groups in total. The maximum absolute atomic E-state index is 6.12. The summed E-state index contributed by atoms with van der Waals surface area (Å²) < 4.78 is 7.14. The van der Waals surface area contributed by atoms with E-state index in [1.165, 1.54) is 18.4 Å². The number of unbranched alkanes of at least 4 members (excludes halogenated alkanes) is 1. The lowest BCUT2D eigenvalue weighted by Gasteiger charge is -2.33. The lowest BCUT2D eigenvalue weighted by molar-refractivity contribution is 0.476. The Balaban J connectivity index is 1.81. The zero-order valence-corrected chi connectivity index (χ0v) is 15.8. The second-order valence-electron chi connectivity index (χ2n) is 6.26. The van der Waals surface area contributed by atoms with Crippen LogP contribution in [-0.2, 0) is 6.42 Å². The molecule has 126 valence electrons. The number of rotatable bonds is 4. The summed E-state index contributed by atoms with van der Waals surface area (Å²) in [4.78, 5) is 2.27. The average Bonchev–Trinajstić information content (AvgIpc) is 2.65. The molecular weight excluding hydrogens is 374 g/mol. The van der Waals surface area contributed by atoms with Crippen molar-refractivity contribution in [3.63, 3.8) is 0 Å². The molecule has 0 spiro atoms. The fraction of sp³-hybridized carbons (Fsp3) is 0.182. The number of hydrogen-bond donors (Lipinski definition) is 0. The van der Waals surface area contributed by atoms with Gasteiger partial charge >= 0.3 is 0 Å². The smallest absolute Gasteiger partial charge is 0.152 e. The van der Waals surface area contributed by atoms with Gasteiger partial charge in [0, 0.05) is 10.2 Å². The van der Waals surface area contributed by atoms with E-state index < -0.39 is 0 Å². The highest BCUT2D eigenvalue weighted by Crippen LogP contribution is 2.52. The lowest BCUT2D eigenvalue weighted by Crippen LogP contribution is -2.16. The van der Waals surface area contributed by atoms with Crippen molar-refractivity contribution in [3.8, 4) is 11.5 Å². The third kappa shape index (κ3) is 3.05. The van der Waals surface area contributed by atoms with Crippen LogP contribution in [0.1, 0.15) is 25.3 Å². The zero-order chi connectivity index (χ0) is 17.2. The minimum atomic E-state index is 0.864. The Morgan fingerprint density at radius 3 is 2.44 bits per heavy atom. The SMILES string of the molecule is CCCCc1ccc(N2c3ccccc3Oc3cccc(Br)c32)cc1. The summed E-state index contributed by atoms with van der Waals surface area (Å²) in [6.07, 6.45) is 3.59. The molecule has 1 aliphatic rings. The van der Waals surface area contributed by atoms with Crippen molar-refractivity contribution in [2.75, 3.05) is 4.90 Å². The highest BCUT2D eigenvalue weighted by Gasteiger charge is 2.27. The summed E-state index contributed by atoms with van der Waals surface area (Å²) in [6.45, 7) is 2.23. The molecule has 0 atom stereocenters. The first kappa shape index (κ1) is 16.2. The Bertz CT molecular complexity index is 889. The largest absolute Gasteiger partial charge is 0.453 e. The van der Waals surface area contributed by atoms with Crippen molar-refractivity contribution in [1.82, 2.24) is 0 Å². The standard InChI is InChI=1S/C22H20BrNO/c1-2-3-7-16-12-14-17(15-13-16)24-19-9-4-5-10-20(19)25-21-11-6-8-18(23)22(21)24/h4-6,8-15H,2-3,7H2,1H3. The van der Waals surface area contributed by atoms with E-state index in [1.54, 1.807) is 0 Å². The van der Waals surface area contributed by atoms with E-state index in [1.807, 2.05) is 30.3 Å². The molecule has 0 radical (unpaired) electrons. The maximum Gasteiger partial charge on any atom is 0.152 e. The fourth-order valence-electron chi connectivity index (χ4n) is 3.22. The Kier molecular flexibility index (Phi) is 4.50. The summed E-state index contributed by atoms with van der Waals surface area (Å²) in [7, 11) is 0. The molecule has 0 fully saturated rings. The van der Waals surface area contributed by atoms with Gasteiger partial charge in [-0.2, -0.15) is 0 Å². The van der Waals surface area contributed by atoms with Gasteiger partial charge in [-0.3, -0.25) is 0 Å². The Morgan fingerprint density at radius 2 is 1.64 bits per heavy atom. The first-order chi connectivity index (χ1) is 12.3. The van der Waals surface area contributed by atoms with Crippen molar-refractivity contribution in [1.29, 1.82) is 0 Å². The molecule has 0 saturated carbocycles. The van der Waals surface area contributed by atoms with E-state index in [4.69, 9.17) is 4.74 Å². The van der Waals surface area contributed by atoms with Crippen molar-refractivity contribution in [3.05, 3.63) is 76.8 Å². The highest BCUT2D eigenvalue weighted by molar-refractivity contribution is 9.10. The van der Waals surface area contributed by atoms with Crippen molar-refractivity contribution < 1.29 is 4.74 Å². The number of anilines is 3. The molecule has 4 rings (SSSR count). The predicted molar refractivity (Wildman–Crippen MR) is 108 cm³/mol. The van der Waals surface area contributed by atoms with Crippen molar-refractivity contribution in [2.24, 2.45) is 0 Å². The third-order valence-electron chi connectivity index (χ3n) is 4.51. The number of halogens is 1. The van der Waals surface area contributed by atoms with Crippen LogP contribution in [0.4, 0.5) is 17.1 Å². The van der Waals surface area contributed by atoms with Crippen LogP contribution in [0.2, 0.25) is 0 Å². The first-order valence-electron chi connectivity index (χ1n) is 8.72. The summed E-state index contributed by atoms with van der Waals surface area (Å²) in [5.41, 5.74) is 4.63. The minimum Gasteiger partial charge on any atom is -0.453 e. The van der Waals surface area contributed by atoms with Crippen molar-refractivity contribution in [2.45, 2.75) is 26.2 Å². The van der Waals surface area contributed by atoms with Gasteiger partial charge in [-0.05, 0) is 70.7 Å². The van der Waals surface area contributed by atoms with Gasteiger partial charge in [0.2, 0.25) is 0 Å². The molecule has 0 saturated heterocycles. The van der Waals surface area contributed by atoms with Gasteiger partial charge in [-0.15, -0.1) is 0 Å². The van der Waals surface area contributed by atoms with Gasteiger partial charge in [0.15, 0.2) is 11.5 Å². The lowest BCUT2D eigenvalue weighted by atomic mass is 10.1. The van der Waals surface area contributed by atoms with E-state index in [0.29, 0.717) is 0 Å². The van der Waals surface area contributed by atoms with E-state index in [9.17, 15) is 0 Å². The van der Waals surface area contributed by atoms with Gasteiger partial charge in [-0.25, -0.2) is 0 Å². The molecule has 0 aliphatic carbocycles. The summed E-state index contributed by atoms with van der Waals surface area (Å²) in [6, 6.07) is 23.1. The van der Waals surface area contributed by atoms with Crippen LogP contribution in [0, 0.1) is 0 Å². The molecular formula is C22H20BrNO. The molecule has 25 heavy (non-hydrogen) atoms. The zero-order valence-electron chi connectivity index (χ0n) is 14.2. The second kappa shape index (κ2) is 6.93. The predicted octanol–water partition coefficient (Wildman–Crippen LogP) is 7.37. The van der Waals surface area contributed by atoms with Gasteiger partial charge in [0.1, 0.15) is 5.69 Å². The molecule has 3 aromatic rings. The van der Waals surface area contributed by atoms with Gasteiger partial charge in [-0.1, -0.05) is 43.7 Å². The third-order valence-corrected chi connectivity index (χ3v) is 5.15. The molecule has 0 amide bonds. The van der Waals surface area contributed by atoms with Crippen LogP contribution in [0.15, 0.2) is 71.2 Å². The van der Waals surface area contributed by atoms with Crippen LogP contribution in [0.3, 0.4) is 0 Å². The molecule has 0 aromatic heterocycles. The molecule has 0 bridgehead atoms. The quantitative estimate of drug-likeness (QED) is 0.358. The van der Waals surface area contributed by atoms with E-state index in [0.717, 1.165) is 39.5 Å².